The maximum Gasteiger partial charge on any atom is 0.193 e. The molecule has 3 rings (SSSR count). The molecule has 1 aliphatic rings. The first kappa shape index (κ1) is 25.6. The first-order valence-corrected chi connectivity index (χ1v) is 12.0. The molecular formula is C23H32IN3O3S. The number of rotatable bonds is 6. The van der Waals surface area contributed by atoms with Crippen LogP contribution >= 0.6 is 24.0 Å². The average Bonchev–Trinajstić information content (AvgIpc) is 2.74. The summed E-state index contributed by atoms with van der Waals surface area (Å²) in [5, 5.41) is 3.31. The molecule has 1 unspecified atom stereocenters. The van der Waals surface area contributed by atoms with E-state index in [9.17, 15) is 8.42 Å². The van der Waals surface area contributed by atoms with Crippen molar-refractivity contribution in [3.63, 3.8) is 0 Å². The van der Waals surface area contributed by atoms with E-state index in [1.54, 1.807) is 31.3 Å². The van der Waals surface area contributed by atoms with Gasteiger partial charge in [-0.25, -0.2) is 8.42 Å². The number of morpholine rings is 1. The number of aliphatic imine (C=N–C) groups is 1. The fraction of sp³-hybridized carbons (Fsp3) is 0.435. The summed E-state index contributed by atoms with van der Waals surface area (Å²) in [7, 11) is -1.50. The summed E-state index contributed by atoms with van der Waals surface area (Å²) in [6, 6.07) is 15.0. The fourth-order valence-electron chi connectivity index (χ4n) is 3.76. The van der Waals surface area contributed by atoms with Crippen molar-refractivity contribution in [2.45, 2.75) is 31.3 Å². The van der Waals surface area contributed by atoms with Gasteiger partial charge in [-0.05, 0) is 43.5 Å². The van der Waals surface area contributed by atoms with Crippen LogP contribution in [-0.4, -0.2) is 58.3 Å². The summed E-state index contributed by atoms with van der Waals surface area (Å²) in [5.41, 5.74) is 3.68. The maximum atomic E-state index is 12.4. The number of guanidine groups is 1. The smallest absolute Gasteiger partial charge is 0.193 e. The zero-order valence-corrected chi connectivity index (χ0v) is 21.5. The minimum Gasteiger partial charge on any atom is -0.370 e. The van der Waals surface area contributed by atoms with Crippen molar-refractivity contribution in [2.75, 3.05) is 39.0 Å². The van der Waals surface area contributed by atoms with Crippen LogP contribution < -0.4 is 5.32 Å². The van der Waals surface area contributed by atoms with Gasteiger partial charge in [0.1, 0.15) is 6.10 Å². The first-order chi connectivity index (χ1) is 14.4. The van der Waals surface area contributed by atoms with Crippen molar-refractivity contribution in [1.82, 2.24) is 10.2 Å². The van der Waals surface area contributed by atoms with E-state index in [2.05, 4.69) is 47.3 Å². The zero-order chi connectivity index (χ0) is 21.6. The minimum atomic E-state index is -3.26. The molecule has 8 heteroatoms. The van der Waals surface area contributed by atoms with Gasteiger partial charge in [-0.1, -0.05) is 42.0 Å². The average molecular weight is 557 g/mol. The summed E-state index contributed by atoms with van der Waals surface area (Å²) in [6.45, 7) is 6.85. The number of hydrogen-bond donors (Lipinski definition) is 1. The van der Waals surface area contributed by atoms with Gasteiger partial charge in [-0.2, -0.15) is 0 Å². The Kier molecular flexibility index (Phi) is 9.77. The normalized spacial score (nSPS) is 17.2. The summed E-state index contributed by atoms with van der Waals surface area (Å²) in [5.74, 6) is 0.889. The van der Waals surface area contributed by atoms with Gasteiger partial charge >= 0.3 is 0 Å². The third kappa shape index (κ3) is 6.92. The molecule has 1 aliphatic heterocycles. The Bertz CT molecular complexity index is 981. The third-order valence-electron chi connectivity index (χ3n) is 5.33. The molecule has 1 atom stereocenters. The molecule has 0 radical (unpaired) electrons. The minimum absolute atomic E-state index is 0. The van der Waals surface area contributed by atoms with Crippen molar-refractivity contribution < 1.29 is 13.2 Å². The molecule has 170 valence electrons. The Balaban J connectivity index is 0.00000341. The van der Waals surface area contributed by atoms with Crippen LogP contribution in [0.15, 0.2) is 58.4 Å². The highest BCUT2D eigenvalue weighted by molar-refractivity contribution is 14.0. The lowest BCUT2D eigenvalue weighted by molar-refractivity contribution is -0.00830. The lowest BCUT2D eigenvalue weighted by Crippen LogP contribution is -2.48. The molecule has 0 aromatic heterocycles. The molecule has 0 amide bonds. The predicted molar refractivity (Wildman–Crippen MR) is 136 cm³/mol. The van der Waals surface area contributed by atoms with E-state index in [-0.39, 0.29) is 35.8 Å². The Morgan fingerprint density at radius 3 is 2.61 bits per heavy atom. The zero-order valence-electron chi connectivity index (χ0n) is 18.4. The number of hydrogen-bond acceptors (Lipinski definition) is 4. The van der Waals surface area contributed by atoms with Crippen molar-refractivity contribution in [3.05, 3.63) is 65.2 Å². The van der Waals surface area contributed by atoms with Crippen LogP contribution in [0.25, 0.3) is 0 Å². The molecule has 31 heavy (non-hydrogen) atoms. The highest BCUT2D eigenvalue weighted by Crippen LogP contribution is 2.25. The lowest BCUT2D eigenvalue weighted by Gasteiger charge is -2.35. The van der Waals surface area contributed by atoms with Crippen molar-refractivity contribution >= 4 is 39.8 Å². The van der Waals surface area contributed by atoms with Crippen LogP contribution in [0, 0.1) is 13.8 Å². The number of nitrogens with zero attached hydrogens (tertiary/aromatic N) is 2. The van der Waals surface area contributed by atoms with Crippen molar-refractivity contribution in [2.24, 2.45) is 4.99 Å². The van der Waals surface area contributed by atoms with Crippen LogP contribution in [0.5, 0.6) is 0 Å². The first-order valence-electron chi connectivity index (χ1n) is 10.3. The van der Waals surface area contributed by atoms with Gasteiger partial charge in [0.05, 0.1) is 23.8 Å². The number of nitrogens with one attached hydrogen (secondary N) is 1. The van der Waals surface area contributed by atoms with E-state index in [1.807, 2.05) is 6.07 Å². The lowest BCUT2D eigenvalue weighted by atomic mass is 10.00. The summed E-state index contributed by atoms with van der Waals surface area (Å²) in [4.78, 5) is 6.95. The maximum absolute atomic E-state index is 12.4. The largest absolute Gasteiger partial charge is 0.370 e. The molecule has 0 bridgehead atoms. The number of benzene rings is 2. The van der Waals surface area contributed by atoms with Gasteiger partial charge in [0.2, 0.25) is 0 Å². The molecule has 2 aromatic carbocycles. The molecule has 1 fully saturated rings. The number of ether oxygens (including phenoxy) is 1. The summed E-state index contributed by atoms with van der Waals surface area (Å²) in [6.07, 6.45) is 0.512. The van der Waals surface area contributed by atoms with E-state index in [0.29, 0.717) is 31.0 Å². The van der Waals surface area contributed by atoms with Crippen LogP contribution in [-0.2, 0) is 14.6 Å². The van der Waals surface area contributed by atoms with Gasteiger partial charge < -0.3 is 15.0 Å². The second kappa shape index (κ2) is 11.8. The van der Waals surface area contributed by atoms with Crippen molar-refractivity contribution in [3.8, 4) is 0 Å². The van der Waals surface area contributed by atoms with Gasteiger partial charge in [0, 0.05) is 20.1 Å². The second-order valence-corrected chi connectivity index (χ2v) is 9.73. The molecule has 2 aromatic rings. The number of sulfone groups is 1. The van der Waals surface area contributed by atoms with E-state index in [1.165, 1.54) is 16.7 Å². The Morgan fingerprint density at radius 2 is 1.94 bits per heavy atom. The molecule has 1 N–H and O–H groups in total. The number of aryl methyl sites for hydroxylation is 2. The highest BCUT2D eigenvalue weighted by atomic mass is 127. The van der Waals surface area contributed by atoms with E-state index in [4.69, 9.17) is 4.74 Å². The fourth-order valence-corrected chi connectivity index (χ4v) is 5.09. The monoisotopic (exact) mass is 557 g/mol. The van der Waals surface area contributed by atoms with E-state index in [0.717, 1.165) is 12.5 Å². The van der Waals surface area contributed by atoms with Crippen LogP contribution in [0.3, 0.4) is 0 Å². The SMILES string of the molecule is CN=C(NCCCS(=O)(=O)c1ccccc1)N1CCOC(c2ccc(C)cc2C)C1.I. The van der Waals surface area contributed by atoms with Crippen LogP contribution in [0.4, 0.5) is 0 Å². The summed E-state index contributed by atoms with van der Waals surface area (Å²) < 4.78 is 30.9. The second-order valence-electron chi connectivity index (χ2n) is 7.62. The van der Waals surface area contributed by atoms with E-state index >= 15 is 0 Å². The quantitative estimate of drug-likeness (QED) is 0.254. The Labute approximate surface area is 203 Å². The van der Waals surface area contributed by atoms with Gasteiger partial charge in [-0.3, -0.25) is 4.99 Å². The summed E-state index contributed by atoms with van der Waals surface area (Å²) >= 11 is 0. The topological polar surface area (TPSA) is 71.0 Å². The molecule has 0 saturated carbocycles. The molecule has 6 nitrogen and oxygen atoms in total. The molecule has 1 saturated heterocycles. The standard InChI is InChI=1S/C23H31N3O3S.HI/c1-18-10-11-21(19(2)16-18)22-17-26(13-14-29-22)23(24-3)25-12-7-15-30(27,28)20-8-5-4-6-9-20;/h4-6,8-11,16,22H,7,12-15,17H2,1-3H3,(H,24,25);1H. The Morgan fingerprint density at radius 1 is 1.19 bits per heavy atom. The molecular weight excluding hydrogens is 525 g/mol. The highest BCUT2D eigenvalue weighted by Gasteiger charge is 2.25. The van der Waals surface area contributed by atoms with Gasteiger partial charge in [-0.15, -0.1) is 24.0 Å². The molecule has 1 heterocycles. The molecule has 0 aliphatic carbocycles. The van der Waals surface area contributed by atoms with Crippen molar-refractivity contribution in [1.29, 1.82) is 0 Å². The van der Waals surface area contributed by atoms with Gasteiger partial charge in [0.25, 0.3) is 0 Å². The van der Waals surface area contributed by atoms with Crippen LogP contribution in [0.1, 0.15) is 29.2 Å². The van der Waals surface area contributed by atoms with Gasteiger partial charge in [0.15, 0.2) is 15.8 Å². The third-order valence-corrected chi connectivity index (χ3v) is 7.14. The molecule has 0 spiro atoms. The van der Waals surface area contributed by atoms with E-state index < -0.39 is 9.84 Å². The Hall–Kier alpha value is -1.65. The predicted octanol–water partition coefficient (Wildman–Crippen LogP) is 3.73. The van der Waals surface area contributed by atoms with Crippen LogP contribution in [0.2, 0.25) is 0 Å². The number of halogens is 1.